The summed E-state index contributed by atoms with van der Waals surface area (Å²) in [6.45, 7) is 3.86. The Kier molecular flexibility index (Phi) is 6.69. The largest absolute Gasteiger partial charge is 0.464 e. The molecule has 0 aromatic heterocycles. The first-order valence-electron chi connectivity index (χ1n) is 6.92. The Bertz CT molecular complexity index is 553. The molecule has 0 saturated carbocycles. The van der Waals surface area contributed by atoms with Crippen LogP contribution in [-0.4, -0.2) is 11.8 Å². The maximum absolute atomic E-state index is 11.5. The van der Waals surface area contributed by atoms with E-state index in [1.54, 1.807) is 12.2 Å². The molecule has 0 unspecified atom stereocenters. The lowest BCUT2D eigenvalue weighted by Gasteiger charge is -2.11. The lowest BCUT2D eigenvalue weighted by atomic mass is 10.1. The number of nitrogens with two attached hydrogens (primary N) is 2. The molecule has 0 radical (unpaired) electrons. The van der Waals surface area contributed by atoms with Crippen LogP contribution in [0.1, 0.15) is 47.4 Å². The van der Waals surface area contributed by atoms with Crippen molar-refractivity contribution < 1.29 is 19.1 Å². The van der Waals surface area contributed by atoms with Crippen molar-refractivity contribution in [1.82, 2.24) is 0 Å². The SMILES string of the molecule is CCC=COc1cc(C(N)=O)c(OC=CCC)cc1C(N)=O. The number of carbonyl (C=O) groups excluding carboxylic acids is 2. The number of rotatable bonds is 8. The lowest BCUT2D eigenvalue weighted by molar-refractivity contribution is 0.0984. The van der Waals surface area contributed by atoms with E-state index in [0.717, 1.165) is 12.8 Å². The average Bonchev–Trinajstić information content (AvgIpc) is 2.47. The first kappa shape index (κ1) is 17.3. The maximum Gasteiger partial charge on any atom is 0.252 e. The highest BCUT2D eigenvalue weighted by molar-refractivity contribution is 6.01. The number of ether oxygens (including phenoxy) is 2. The van der Waals surface area contributed by atoms with Crippen LogP contribution in [-0.2, 0) is 0 Å². The molecular weight excluding hydrogens is 284 g/mol. The maximum atomic E-state index is 11.5. The van der Waals surface area contributed by atoms with Crippen LogP contribution in [0.25, 0.3) is 0 Å². The molecule has 0 heterocycles. The zero-order valence-corrected chi connectivity index (χ0v) is 12.7. The summed E-state index contributed by atoms with van der Waals surface area (Å²) in [7, 11) is 0. The Morgan fingerprint density at radius 2 is 1.27 bits per heavy atom. The molecule has 0 bridgehead atoms. The van der Waals surface area contributed by atoms with Gasteiger partial charge in [-0.3, -0.25) is 9.59 Å². The van der Waals surface area contributed by atoms with E-state index in [9.17, 15) is 9.59 Å². The molecule has 0 saturated heterocycles. The zero-order chi connectivity index (χ0) is 16.5. The van der Waals surface area contributed by atoms with Gasteiger partial charge in [0, 0.05) is 0 Å². The lowest BCUT2D eigenvalue weighted by Crippen LogP contribution is -2.16. The van der Waals surface area contributed by atoms with Crippen LogP contribution in [0.3, 0.4) is 0 Å². The third-order valence-corrected chi connectivity index (χ3v) is 2.67. The average molecular weight is 304 g/mol. The molecule has 4 N–H and O–H groups in total. The molecule has 118 valence electrons. The normalized spacial score (nSPS) is 11.0. The van der Waals surface area contributed by atoms with Gasteiger partial charge in [0.1, 0.15) is 11.5 Å². The van der Waals surface area contributed by atoms with Gasteiger partial charge in [-0.15, -0.1) is 0 Å². The minimum absolute atomic E-state index is 0.102. The second-order valence-corrected chi connectivity index (χ2v) is 4.37. The standard InChI is InChI=1S/C16H20N2O4/c1-3-5-7-21-13-9-12(16(18)20)14(22-8-6-4-2)10-11(13)15(17)19/h5-10H,3-4H2,1-2H3,(H2,17,19)(H2,18,20). The van der Waals surface area contributed by atoms with E-state index in [1.165, 1.54) is 24.7 Å². The summed E-state index contributed by atoms with van der Waals surface area (Å²) in [6, 6.07) is 2.69. The Morgan fingerprint density at radius 3 is 1.55 bits per heavy atom. The van der Waals surface area contributed by atoms with Crippen LogP contribution in [0.5, 0.6) is 11.5 Å². The highest BCUT2D eigenvalue weighted by atomic mass is 16.5. The molecule has 0 atom stereocenters. The molecule has 0 aliphatic rings. The summed E-state index contributed by atoms with van der Waals surface area (Å²) < 4.78 is 10.7. The smallest absolute Gasteiger partial charge is 0.252 e. The summed E-state index contributed by atoms with van der Waals surface area (Å²) in [5, 5.41) is 0. The first-order chi connectivity index (χ1) is 10.5. The van der Waals surface area contributed by atoms with Crippen molar-refractivity contribution in [3.05, 3.63) is 47.9 Å². The number of allylic oxidation sites excluding steroid dienone is 2. The molecule has 2 amide bonds. The van der Waals surface area contributed by atoms with E-state index in [0.29, 0.717) is 0 Å². The van der Waals surface area contributed by atoms with E-state index in [-0.39, 0.29) is 22.6 Å². The number of hydrogen-bond acceptors (Lipinski definition) is 4. The second-order valence-electron chi connectivity index (χ2n) is 4.37. The fourth-order valence-electron chi connectivity index (χ4n) is 1.58. The fourth-order valence-corrected chi connectivity index (χ4v) is 1.58. The summed E-state index contributed by atoms with van der Waals surface area (Å²) >= 11 is 0. The van der Waals surface area contributed by atoms with Gasteiger partial charge in [0.15, 0.2) is 0 Å². The molecule has 22 heavy (non-hydrogen) atoms. The van der Waals surface area contributed by atoms with E-state index in [4.69, 9.17) is 20.9 Å². The van der Waals surface area contributed by atoms with E-state index in [1.807, 2.05) is 13.8 Å². The van der Waals surface area contributed by atoms with E-state index in [2.05, 4.69) is 0 Å². The van der Waals surface area contributed by atoms with Crippen LogP contribution < -0.4 is 20.9 Å². The predicted octanol–water partition coefficient (Wildman–Crippen LogP) is 2.49. The molecular formula is C16H20N2O4. The van der Waals surface area contributed by atoms with E-state index >= 15 is 0 Å². The monoisotopic (exact) mass is 304 g/mol. The Balaban J connectivity index is 3.30. The number of amides is 2. The molecule has 6 nitrogen and oxygen atoms in total. The second kappa shape index (κ2) is 8.51. The predicted molar refractivity (Wildman–Crippen MR) is 83.6 cm³/mol. The number of hydrogen-bond donors (Lipinski definition) is 2. The molecule has 1 aromatic carbocycles. The molecule has 1 rings (SSSR count). The molecule has 0 aliphatic heterocycles. The molecule has 0 fully saturated rings. The Hall–Kier alpha value is -2.76. The topological polar surface area (TPSA) is 105 Å². The van der Waals surface area contributed by atoms with Crippen molar-refractivity contribution in [2.75, 3.05) is 0 Å². The van der Waals surface area contributed by atoms with Crippen molar-refractivity contribution in [3.8, 4) is 11.5 Å². The van der Waals surface area contributed by atoms with Gasteiger partial charge in [0.2, 0.25) is 0 Å². The van der Waals surface area contributed by atoms with Gasteiger partial charge in [-0.2, -0.15) is 0 Å². The highest BCUT2D eigenvalue weighted by Crippen LogP contribution is 2.29. The summed E-state index contributed by atoms with van der Waals surface area (Å²) in [6.07, 6.45) is 7.87. The van der Waals surface area contributed by atoms with Gasteiger partial charge < -0.3 is 20.9 Å². The third-order valence-electron chi connectivity index (χ3n) is 2.67. The Labute approximate surface area is 129 Å². The number of primary amides is 2. The van der Waals surface area contributed by atoms with Crippen molar-refractivity contribution in [3.63, 3.8) is 0 Å². The van der Waals surface area contributed by atoms with Crippen molar-refractivity contribution in [2.24, 2.45) is 11.5 Å². The zero-order valence-electron chi connectivity index (χ0n) is 12.7. The highest BCUT2D eigenvalue weighted by Gasteiger charge is 2.18. The van der Waals surface area contributed by atoms with E-state index < -0.39 is 11.8 Å². The van der Waals surface area contributed by atoms with Gasteiger partial charge in [-0.05, 0) is 37.1 Å². The molecule has 1 aromatic rings. The summed E-state index contributed by atoms with van der Waals surface area (Å²) in [4.78, 5) is 23.1. The van der Waals surface area contributed by atoms with Gasteiger partial charge in [-0.25, -0.2) is 0 Å². The molecule has 0 aliphatic carbocycles. The van der Waals surface area contributed by atoms with Gasteiger partial charge in [-0.1, -0.05) is 13.8 Å². The Morgan fingerprint density at radius 1 is 0.909 bits per heavy atom. The van der Waals surface area contributed by atoms with Crippen LogP contribution in [0.4, 0.5) is 0 Å². The van der Waals surface area contributed by atoms with Gasteiger partial charge in [0.25, 0.3) is 11.8 Å². The van der Waals surface area contributed by atoms with Crippen molar-refractivity contribution >= 4 is 11.8 Å². The van der Waals surface area contributed by atoms with Crippen LogP contribution in [0.2, 0.25) is 0 Å². The molecule has 6 heteroatoms. The van der Waals surface area contributed by atoms with Crippen molar-refractivity contribution in [1.29, 1.82) is 0 Å². The number of benzene rings is 1. The summed E-state index contributed by atoms with van der Waals surface area (Å²) in [5.41, 5.74) is 10.9. The van der Waals surface area contributed by atoms with Crippen molar-refractivity contribution in [2.45, 2.75) is 26.7 Å². The van der Waals surface area contributed by atoms with Gasteiger partial charge in [0.05, 0.1) is 23.7 Å². The van der Waals surface area contributed by atoms with Crippen LogP contribution >= 0.6 is 0 Å². The third kappa shape index (κ3) is 4.66. The minimum atomic E-state index is -0.694. The minimum Gasteiger partial charge on any atom is -0.464 e. The first-order valence-corrected chi connectivity index (χ1v) is 6.92. The molecule has 0 spiro atoms. The fraction of sp³-hybridized carbons (Fsp3) is 0.250. The van der Waals surface area contributed by atoms with Crippen LogP contribution in [0.15, 0.2) is 36.8 Å². The van der Waals surface area contributed by atoms with Crippen LogP contribution in [0, 0.1) is 0 Å². The summed E-state index contributed by atoms with van der Waals surface area (Å²) in [5.74, 6) is -1.09. The van der Waals surface area contributed by atoms with Gasteiger partial charge >= 0.3 is 0 Å². The number of carbonyl (C=O) groups is 2. The quantitative estimate of drug-likeness (QED) is 0.720.